The van der Waals surface area contributed by atoms with Crippen LogP contribution >= 0.6 is 22.9 Å². The zero-order chi connectivity index (χ0) is 22.0. The molecule has 7 nitrogen and oxygen atoms in total. The number of fused-ring (bicyclic) bond motifs is 3. The number of carbonyl (C=O) groups excluding carboxylic acids is 2. The summed E-state index contributed by atoms with van der Waals surface area (Å²) in [5.41, 5.74) is 0.652. The van der Waals surface area contributed by atoms with Gasteiger partial charge in [-0.25, -0.2) is 8.42 Å². The molecule has 0 aliphatic carbocycles. The van der Waals surface area contributed by atoms with Gasteiger partial charge in [0, 0.05) is 47.9 Å². The largest absolute Gasteiger partial charge is 0.306 e. The fraction of sp³-hybridized carbons (Fsp3) is 0.190. The number of sulfone groups is 1. The number of halogens is 1. The summed E-state index contributed by atoms with van der Waals surface area (Å²) in [5, 5.41) is 0.536. The molecule has 5 rings (SSSR count). The van der Waals surface area contributed by atoms with E-state index in [0.29, 0.717) is 39.7 Å². The number of aromatic nitrogens is 1. The molecule has 2 aliphatic heterocycles. The molecule has 2 aliphatic rings. The maximum absolute atomic E-state index is 13.6. The first-order chi connectivity index (χ1) is 14.7. The minimum Gasteiger partial charge on any atom is -0.306 e. The van der Waals surface area contributed by atoms with Gasteiger partial charge in [-0.15, -0.1) is 11.3 Å². The zero-order valence-corrected chi connectivity index (χ0v) is 18.7. The summed E-state index contributed by atoms with van der Waals surface area (Å²) in [4.78, 5) is 34.7. The van der Waals surface area contributed by atoms with Crippen LogP contribution < -0.4 is 0 Å². The molecule has 0 spiro atoms. The SMILES string of the molecule is CS(=O)(=O)c1ccc(C(=O)N2CCN3C(=O)c4ccncc4C23c2ccc(Cl)cc2)s1. The molecule has 1 atom stereocenters. The van der Waals surface area contributed by atoms with E-state index in [1.54, 1.807) is 52.5 Å². The molecule has 10 heteroatoms. The van der Waals surface area contributed by atoms with E-state index in [1.807, 2.05) is 0 Å². The van der Waals surface area contributed by atoms with Crippen molar-refractivity contribution in [2.24, 2.45) is 0 Å². The summed E-state index contributed by atoms with van der Waals surface area (Å²) < 4.78 is 23.9. The van der Waals surface area contributed by atoms with E-state index in [0.717, 1.165) is 17.6 Å². The van der Waals surface area contributed by atoms with Gasteiger partial charge >= 0.3 is 0 Å². The summed E-state index contributed by atoms with van der Waals surface area (Å²) >= 11 is 7.03. The molecule has 1 unspecified atom stereocenters. The molecule has 3 aromatic rings. The summed E-state index contributed by atoms with van der Waals surface area (Å²) in [6.07, 6.45) is 4.28. The van der Waals surface area contributed by atoms with E-state index < -0.39 is 15.5 Å². The van der Waals surface area contributed by atoms with E-state index in [1.165, 1.54) is 12.1 Å². The maximum atomic E-state index is 13.6. The van der Waals surface area contributed by atoms with Crippen LogP contribution in [0.5, 0.6) is 0 Å². The van der Waals surface area contributed by atoms with Gasteiger partial charge in [0.25, 0.3) is 11.8 Å². The van der Waals surface area contributed by atoms with Gasteiger partial charge in [0.2, 0.25) is 0 Å². The van der Waals surface area contributed by atoms with Crippen molar-refractivity contribution in [3.63, 3.8) is 0 Å². The summed E-state index contributed by atoms with van der Waals surface area (Å²) in [7, 11) is -3.43. The molecule has 0 saturated carbocycles. The van der Waals surface area contributed by atoms with Crippen molar-refractivity contribution < 1.29 is 18.0 Å². The molecule has 1 saturated heterocycles. The molecular formula is C21H16ClN3O4S2. The number of amides is 2. The second-order valence-corrected chi connectivity index (χ2v) is 11.2. The lowest BCUT2D eigenvalue weighted by Crippen LogP contribution is -2.51. The minimum atomic E-state index is -3.43. The topological polar surface area (TPSA) is 87.7 Å². The summed E-state index contributed by atoms with van der Waals surface area (Å²) in [5.74, 6) is -0.521. The third kappa shape index (κ3) is 2.84. The number of thiophene rings is 1. The lowest BCUT2D eigenvalue weighted by atomic mass is 9.91. The highest BCUT2D eigenvalue weighted by Gasteiger charge is 2.60. The van der Waals surface area contributed by atoms with Crippen LogP contribution in [0.4, 0.5) is 0 Å². The van der Waals surface area contributed by atoms with Crippen molar-refractivity contribution in [3.05, 3.63) is 81.4 Å². The number of hydrogen-bond acceptors (Lipinski definition) is 6. The Labute approximate surface area is 187 Å². The Balaban J connectivity index is 1.71. The van der Waals surface area contributed by atoms with Crippen LogP contribution in [-0.2, 0) is 15.5 Å². The normalized spacial score (nSPS) is 20.1. The molecular weight excluding hydrogens is 458 g/mol. The predicted octanol–water partition coefficient (Wildman–Crippen LogP) is 3.01. The monoisotopic (exact) mass is 473 g/mol. The van der Waals surface area contributed by atoms with Crippen molar-refractivity contribution >= 4 is 44.6 Å². The highest BCUT2D eigenvalue weighted by atomic mass is 35.5. The quantitative estimate of drug-likeness (QED) is 0.583. The molecule has 2 amide bonds. The first-order valence-corrected chi connectivity index (χ1v) is 12.5. The van der Waals surface area contributed by atoms with Crippen molar-refractivity contribution in [1.29, 1.82) is 0 Å². The number of pyridine rings is 1. The van der Waals surface area contributed by atoms with Gasteiger partial charge in [0.05, 0.1) is 10.4 Å². The Kier molecular flexibility index (Phi) is 4.47. The van der Waals surface area contributed by atoms with Gasteiger partial charge in [0.15, 0.2) is 15.5 Å². The third-order valence-corrected chi connectivity index (χ3v) is 8.80. The van der Waals surface area contributed by atoms with Crippen LogP contribution in [0.15, 0.2) is 59.1 Å². The van der Waals surface area contributed by atoms with E-state index in [-0.39, 0.29) is 16.0 Å². The predicted molar refractivity (Wildman–Crippen MR) is 116 cm³/mol. The fourth-order valence-corrected chi connectivity index (χ4v) is 6.38. The Morgan fingerprint density at radius 2 is 1.87 bits per heavy atom. The first-order valence-electron chi connectivity index (χ1n) is 9.39. The van der Waals surface area contributed by atoms with Crippen LogP contribution in [0, 0.1) is 0 Å². The number of hydrogen-bond donors (Lipinski definition) is 0. The molecule has 0 radical (unpaired) electrons. The second-order valence-electron chi connectivity index (χ2n) is 7.40. The van der Waals surface area contributed by atoms with E-state index in [9.17, 15) is 18.0 Å². The second kappa shape index (κ2) is 6.88. The van der Waals surface area contributed by atoms with Crippen molar-refractivity contribution in [1.82, 2.24) is 14.8 Å². The molecule has 1 aromatic carbocycles. The number of nitrogens with zero attached hydrogens (tertiary/aromatic N) is 3. The lowest BCUT2D eigenvalue weighted by Gasteiger charge is -2.40. The van der Waals surface area contributed by atoms with E-state index in [2.05, 4.69) is 4.98 Å². The zero-order valence-electron chi connectivity index (χ0n) is 16.3. The van der Waals surface area contributed by atoms with Crippen molar-refractivity contribution in [2.75, 3.05) is 19.3 Å². The first kappa shape index (κ1) is 20.2. The smallest absolute Gasteiger partial charge is 0.266 e. The highest BCUT2D eigenvalue weighted by molar-refractivity contribution is 7.92. The minimum absolute atomic E-state index is 0.122. The molecule has 2 aromatic heterocycles. The van der Waals surface area contributed by atoms with Gasteiger partial charge in [0.1, 0.15) is 4.21 Å². The van der Waals surface area contributed by atoms with Crippen molar-refractivity contribution in [2.45, 2.75) is 9.87 Å². The number of benzene rings is 1. The average molecular weight is 474 g/mol. The van der Waals surface area contributed by atoms with Crippen LogP contribution in [0.1, 0.15) is 31.2 Å². The molecule has 1 fully saturated rings. The highest BCUT2D eigenvalue weighted by Crippen LogP contribution is 2.50. The van der Waals surface area contributed by atoms with Gasteiger partial charge in [-0.3, -0.25) is 14.6 Å². The van der Waals surface area contributed by atoms with Gasteiger partial charge in [-0.2, -0.15) is 0 Å². The molecule has 4 heterocycles. The van der Waals surface area contributed by atoms with Crippen LogP contribution in [0.25, 0.3) is 0 Å². The van der Waals surface area contributed by atoms with Crippen LogP contribution in [-0.4, -0.2) is 54.4 Å². The number of rotatable bonds is 3. The third-order valence-electron chi connectivity index (χ3n) is 5.65. The van der Waals surface area contributed by atoms with Crippen molar-refractivity contribution in [3.8, 4) is 0 Å². The Hall–Kier alpha value is -2.75. The summed E-state index contributed by atoms with van der Waals surface area (Å²) in [6, 6.07) is 11.6. The van der Waals surface area contributed by atoms with E-state index in [4.69, 9.17) is 11.6 Å². The Morgan fingerprint density at radius 1 is 1.13 bits per heavy atom. The standard InChI is InChI=1S/C21H16ClN3O4S2/c1-31(28,29)18-7-6-17(30-18)20(27)25-11-10-24-19(26)15-8-9-23-12-16(15)21(24,25)13-2-4-14(22)5-3-13/h2-9,12H,10-11H2,1H3. The van der Waals surface area contributed by atoms with Gasteiger partial charge in [-0.1, -0.05) is 23.7 Å². The Morgan fingerprint density at radius 3 is 2.55 bits per heavy atom. The average Bonchev–Trinajstić information content (AvgIpc) is 3.44. The molecule has 0 N–H and O–H groups in total. The molecule has 31 heavy (non-hydrogen) atoms. The van der Waals surface area contributed by atoms with Gasteiger partial charge in [-0.05, 0) is 30.3 Å². The molecule has 0 bridgehead atoms. The fourth-order valence-electron chi connectivity index (χ4n) is 4.38. The van der Waals surface area contributed by atoms with Crippen LogP contribution in [0.2, 0.25) is 5.02 Å². The van der Waals surface area contributed by atoms with E-state index >= 15 is 0 Å². The van der Waals surface area contributed by atoms with Gasteiger partial charge < -0.3 is 9.80 Å². The molecule has 158 valence electrons. The summed E-state index contributed by atoms with van der Waals surface area (Å²) in [6.45, 7) is 0.639. The number of carbonyl (C=O) groups is 2. The Bertz CT molecular complexity index is 1340. The maximum Gasteiger partial charge on any atom is 0.266 e. The van der Waals surface area contributed by atoms with Crippen LogP contribution in [0.3, 0.4) is 0 Å². The lowest BCUT2D eigenvalue weighted by molar-refractivity contribution is 0.0378.